The zero-order chi connectivity index (χ0) is 13.1. The molecular weight excluding hydrogens is 226 g/mol. The molecule has 0 aliphatic carbocycles. The lowest BCUT2D eigenvalue weighted by atomic mass is 10.1. The van der Waals surface area contributed by atoms with Gasteiger partial charge < -0.3 is 4.90 Å². The van der Waals surface area contributed by atoms with Crippen molar-refractivity contribution in [2.45, 2.75) is 20.3 Å². The Bertz CT molecular complexity index is 545. The first-order valence-corrected chi connectivity index (χ1v) is 6.27. The number of pyridine rings is 1. The molecule has 0 N–H and O–H groups in total. The van der Waals surface area contributed by atoms with E-state index in [0.717, 1.165) is 30.7 Å². The summed E-state index contributed by atoms with van der Waals surface area (Å²) in [6, 6.07) is 5.74. The summed E-state index contributed by atoms with van der Waals surface area (Å²) in [5.74, 6) is 1.40. The Labute approximate surface area is 107 Å². The molecule has 2 heterocycles. The van der Waals surface area contributed by atoms with Gasteiger partial charge in [-0.25, -0.2) is 4.98 Å². The average molecular weight is 245 g/mol. The Morgan fingerprint density at radius 2 is 2.22 bits per heavy atom. The molecule has 0 aliphatic rings. The number of anilines is 1. The van der Waals surface area contributed by atoms with E-state index in [9.17, 15) is 4.79 Å². The van der Waals surface area contributed by atoms with E-state index in [0.29, 0.717) is 11.6 Å². The molecule has 0 bridgehead atoms. The van der Waals surface area contributed by atoms with Gasteiger partial charge in [0.2, 0.25) is 0 Å². The maximum Gasteiger partial charge on any atom is 0.170 e. The molecule has 4 heteroatoms. The molecule has 0 radical (unpaired) electrons. The summed E-state index contributed by atoms with van der Waals surface area (Å²) >= 11 is 0. The van der Waals surface area contributed by atoms with Crippen LogP contribution in [0.4, 0.5) is 5.82 Å². The number of fused-ring (bicyclic) bond motifs is 1. The van der Waals surface area contributed by atoms with Crippen LogP contribution in [0.2, 0.25) is 0 Å². The Morgan fingerprint density at radius 3 is 2.89 bits per heavy atom. The van der Waals surface area contributed by atoms with Crippen molar-refractivity contribution in [1.82, 2.24) is 9.38 Å². The maximum absolute atomic E-state index is 11.3. The van der Waals surface area contributed by atoms with E-state index in [4.69, 9.17) is 0 Å². The normalized spacial score (nSPS) is 11.1. The van der Waals surface area contributed by atoms with Crippen LogP contribution >= 0.6 is 0 Å². The van der Waals surface area contributed by atoms with E-state index in [1.807, 2.05) is 35.8 Å². The summed E-state index contributed by atoms with van der Waals surface area (Å²) in [5.41, 5.74) is 1.43. The van der Waals surface area contributed by atoms with Gasteiger partial charge in [0.05, 0.1) is 0 Å². The van der Waals surface area contributed by atoms with Crippen LogP contribution in [0.25, 0.3) is 5.65 Å². The van der Waals surface area contributed by atoms with Crippen molar-refractivity contribution >= 4 is 17.8 Å². The molecule has 0 fully saturated rings. The standard InChI is InChI=1S/C14H19N3O/c1-11(2)7-9-16(3)14-12(10-18)17-8-5-4-6-13(17)15-14/h4-6,8,10-11H,7,9H2,1-3H3. The highest BCUT2D eigenvalue weighted by Gasteiger charge is 2.14. The molecule has 0 amide bonds. The number of rotatable bonds is 5. The SMILES string of the molecule is CC(C)CCN(C)c1nc2ccccn2c1C=O. The largest absolute Gasteiger partial charge is 0.358 e. The summed E-state index contributed by atoms with van der Waals surface area (Å²) in [5, 5.41) is 0. The minimum absolute atomic E-state index is 0.622. The van der Waals surface area contributed by atoms with E-state index >= 15 is 0 Å². The monoisotopic (exact) mass is 245 g/mol. The zero-order valence-electron chi connectivity index (χ0n) is 11.1. The second kappa shape index (κ2) is 5.21. The van der Waals surface area contributed by atoms with Crippen LogP contribution in [-0.2, 0) is 0 Å². The van der Waals surface area contributed by atoms with Crippen molar-refractivity contribution in [2.75, 3.05) is 18.5 Å². The number of hydrogen-bond donors (Lipinski definition) is 0. The first-order chi connectivity index (χ1) is 8.63. The number of aldehydes is 1. The Balaban J connectivity index is 2.34. The first kappa shape index (κ1) is 12.6. The van der Waals surface area contributed by atoms with Gasteiger partial charge in [0.1, 0.15) is 11.3 Å². The lowest BCUT2D eigenvalue weighted by molar-refractivity contribution is 0.111. The maximum atomic E-state index is 11.3. The third kappa shape index (κ3) is 2.37. The van der Waals surface area contributed by atoms with Gasteiger partial charge in [-0.15, -0.1) is 0 Å². The fraction of sp³-hybridized carbons (Fsp3) is 0.429. The van der Waals surface area contributed by atoms with Gasteiger partial charge in [-0.2, -0.15) is 0 Å². The van der Waals surface area contributed by atoms with Crippen molar-refractivity contribution in [2.24, 2.45) is 5.92 Å². The number of carbonyl (C=O) groups excluding carboxylic acids is 1. The fourth-order valence-electron chi connectivity index (χ4n) is 1.95. The van der Waals surface area contributed by atoms with Crippen LogP contribution < -0.4 is 4.90 Å². The molecule has 0 spiro atoms. The minimum atomic E-state index is 0.622. The minimum Gasteiger partial charge on any atom is -0.358 e. The molecule has 2 rings (SSSR count). The smallest absolute Gasteiger partial charge is 0.170 e. The second-order valence-electron chi connectivity index (χ2n) is 4.97. The lowest BCUT2D eigenvalue weighted by Crippen LogP contribution is -2.21. The zero-order valence-corrected chi connectivity index (χ0v) is 11.1. The Hall–Kier alpha value is -1.84. The van der Waals surface area contributed by atoms with E-state index in [2.05, 4.69) is 23.7 Å². The van der Waals surface area contributed by atoms with Crippen LogP contribution in [0.1, 0.15) is 30.8 Å². The molecule has 0 saturated heterocycles. The molecule has 0 atom stereocenters. The van der Waals surface area contributed by atoms with Gasteiger partial charge in [-0.3, -0.25) is 9.20 Å². The summed E-state index contributed by atoms with van der Waals surface area (Å²) in [4.78, 5) is 17.8. The van der Waals surface area contributed by atoms with Crippen molar-refractivity contribution in [3.63, 3.8) is 0 Å². The molecule has 0 aromatic carbocycles. The predicted molar refractivity (Wildman–Crippen MR) is 73.3 cm³/mol. The number of aromatic nitrogens is 2. The fourth-order valence-corrected chi connectivity index (χ4v) is 1.95. The van der Waals surface area contributed by atoms with E-state index in [1.165, 1.54) is 0 Å². The molecule has 0 aliphatic heterocycles. The Morgan fingerprint density at radius 1 is 1.44 bits per heavy atom. The quantitative estimate of drug-likeness (QED) is 0.760. The molecule has 2 aromatic heterocycles. The molecule has 2 aromatic rings. The van der Waals surface area contributed by atoms with E-state index in [1.54, 1.807) is 0 Å². The predicted octanol–water partition coefficient (Wildman–Crippen LogP) is 2.63. The van der Waals surface area contributed by atoms with Gasteiger partial charge in [0.15, 0.2) is 12.1 Å². The first-order valence-electron chi connectivity index (χ1n) is 6.27. The van der Waals surface area contributed by atoms with Crippen LogP contribution in [0.15, 0.2) is 24.4 Å². The van der Waals surface area contributed by atoms with Gasteiger partial charge in [0.25, 0.3) is 0 Å². The van der Waals surface area contributed by atoms with Crippen LogP contribution in [0.3, 0.4) is 0 Å². The summed E-state index contributed by atoms with van der Waals surface area (Å²) in [7, 11) is 1.98. The molecule has 0 saturated carbocycles. The van der Waals surface area contributed by atoms with Crippen molar-refractivity contribution in [3.8, 4) is 0 Å². The molecule has 18 heavy (non-hydrogen) atoms. The summed E-state index contributed by atoms with van der Waals surface area (Å²) < 4.78 is 1.83. The third-order valence-electron chi connectivity index (χ3n) is 3.06. The van der Waals surface area contributed by atoms with Gasteiger partial charge in [0, 0.05) is 19.8 Å². The Kier molecular flexibility index (Phi) is 3.65. The third-order valence-corrected chi connectivity index (χ3v) is 3.06. The topological polar surface area (TPSA) is 37.6 Å². The lowest BCUT2D eigenvalue weighted by Gasteiger charge is -2.18. The highest BCUT2D eigenvalue weighted by atomic mass is 16.1. The van der Waals surface area contributed by atoms with Crippen LogP contribution in [0, 0.1) is 5.92 Å². The van der Waals surface area contributed by atoms with Crippen molar-refractivity contribution in [1.29, 1.82) is 0 Å². The van der Waals surface area contributed by atoms with Gasteiger partial charge >= 0.3 is 0 Å². The average Bonchev–Trinajstić information content (AvgIpc) is 2.74. The number of nitrogens with zero attached hydrogens (tertiary/aromatic N) is 3. The number of carbonyl (C=O) groups is 1. The second-order valence-corrected chi connectivity index (χ2v) is 4.97. The van der Waals surface area contributed by atoms with Crippen LogP contribution in [0.5, 0.6) is 0 Å². The van der Waals surface area contributed by atoms with Gasteiger partial charge in [-0.1, -0.05) is 19.9 Å². The number of imidazole rings is 1. The van der Waals surface area contributed by atoms with Gasteiger partial charge in [-0.05, 0) is 24.5 Å². The highest BCUT2D eigenvalue weighted by molar-refractivity contribution is 5.83. The molecular formula is C14H19N3O. The highest BCUT2D eigenvalue weighted by Crippen LogP contribution is 2.19. The van der Waals surface area contributed by atoms with Crippen LogP contribution in [-0.4, -0.2) is 29.3 Å². The van der Waals surface area contributed by atoms with Crippen molar-refractivity contribution < 1.29 is 4.79 Å². The summed E-state index contributed by atoms with van der Waals surface area (Å²) in [6.45, 7) is 5.29. The van der Waals surface area contributed by atoms with E-state index < -0.39 is 0 Å². The van der Waals surface area contributed by atoms with Crippen molar-refractivity contribution in [3.05, 3.63) is 30.1 Å². The number of hydrogen-bond acceptors (Lipinski definition) is 3. The molecule has 0 unspecified atom stereocenters. The van der Waals surface area contributed by atoms with E-state index in [-0.39, 0.29) is 0 Å². The molecule has 96 valence electrons. The molecule has 4 nitrogen and oxygen atoms in total. The summed E-state index contributed by atoms with van der Waals surface area (Å²) in [6.07, 6.45) is 3.83.